The summed E-state index contributed by atoms with van der Waals surface area (Å²) in [4.78, 5) is 18.4. The van der Waals surface area contributed by atoms with Crippen molar-refractivity contribution in [2.45, 2.75) is 18.9 Å². The number of para-hydroxylation sites is 2. The fourth-order valence-corrected chi connectivity index (χ4v) is 2.99. The third-order valence-corrected chi connectivity index (χ3v) is 4.10. The SMILES string of the molecule is COc1ccccc1N1CCC[C@H](NC(=O)Nc2cccnc2)C1. The molecule has 126 valence electrons. The van der Waals surface area contributed by atoms with Gasteiger partial charge in [0.05, 0.1) is 24.7 Å². The topological polar surface area (TPSA) is 66.5 Å². The van der Waals surface area contributed by atoms with Crippen molar-refractivity contribution in [2.75, 3.05) is 30.4 Å². The summed E-state index contributed by atoms with van der Waals surface area (Å²) in [6.45, 7) is 1.73. The second-order valence-corrected chi connectivity index (χ2v) is 5.80. The Morgan fingerprint density at radius 1 is 1.29 bits per heavy atom. The summed E-state index contributed by atoms with van der Waals surface area (Å²) in [6.07, 6.45) is 5.29. The lowest BCUT2D eigenvalue weighted by molar-refractivity contribution is 0.246. The van der Waals surface area contributed by atoms with Crippen molar-refractivity contribution in [3.05, 3.63) is 48.8 Å². The van der Waals surface area contributed by atoms with Crippen molar-refractivity contribution >= 4 is 17.4 Å². The lowest BCUT2D eigenvalue weighted by Crippen LogP contribution is -2.49. The summed E-state index contributed by atoms with van der Waals surface area (Å²) in [5.41, 5.74) is 1.76. The molecule has 1 saturated heterocycles. The average molecular weight is 326 g/mol. The van der Waals surface area contributed by atoms with Gasteiger partial charge >= 0.3 is 6.03 Å². The van der Waals surface area contributed by atoms with Crippen molar-refractivity contribution in [3.8, 4) is 5.75 Å². The number of anilines is 2. The third kappa shape index (κ3) is 3.95. The molecule has 0 saturated carbocycles. The highest BCUT2D eigenvalue weighted by molar-refractivity contribution is 5.89. The van der Waals surface area contributed by atoms with Crippen molar-refractivity contribution in [3.63, 3.8) is 0 Å². The highest BCUT2D eigenvalue weighted by Crippen LogP contribution is 2.29. The second-order valence-electron chi connectivity index (χ2n) is 5.80. The first-order chi connectivity index (χ1) is 11.8. The number of carbonyl (C=O) groups is 1. The van der Waals surface area contributed by atoms with Crippen LogP contribution in [0.1, 0.15) is 12.8 Å². The van der Waals surface area contributed by atoms with Crippen LogP contribution in [0.25, 0.3) is 0 Å². The minimum absolute atomic E-state index is 0.0975. The van der Waals surface area contributed by atoms with Crippen molar-refractivity contribution in [2.24, 2.45) is 0 Å². The number of benzene rings is 1. The molecule has 6 nitrogen and oxygen atoms in total. The molecule has 2 amide bonds. The van der Waals surface area contributed by atoms with Crippen LogP contribution in [0.4, 0.5) is 16.2 Å². The average Bonchev–Trinajstić information content (AvgIpc) is 2.62. The summed E-state index contributed by atoms with van der Waals surface area (Å²) in [6, 6.07) is 11.5. The molecule has 1 atom stereocenters. The molecule has 1 fully saturated rings. The number of pyridine rings is 1. The van der Waals surface area contributed by atoms with E-state index in [-0.39, 0.29) is 12.1 Å². The molecule has 1 aliphatic rings. The maximum Gasteiger partial charge on any atom is 0.319 e. The molecule has 0 unspecified atom stereocenters. The first kappa shape index (κ1) is 16.1. The van der Waals surface area contributed by atoms with Gasteiger partial charge < -0.3 is 20.3 Å². The van der Waals surface area contributed by atoms with Crippen LogP contribution in [0.15, 0.2) is 48.8 Å². The smallest absolute Gasteiger partial charge is 0.319 e. The van der Waals surface area contributed by atoms with Crippen LogP contribution in [-0.2, 0) is 0 Å². The van der Waals surface area contributed by atoms with Gasteiger partial charge in [0.2, 0.25) is 0 Å². The van der Waals surface area contributed by atoms with E-state index in [0.29, 0.717) is 5.69 Å². The zero-order chi connectivity index (χ0) is 16.8. The minimum atomic E-state index is -0.199. The summed E-state index contributed by atoms with van der Waals surface area (Å²) >= 11 is 0. The summed E-state index contributed by atoms with van der Waals surface area (Å²) in [5, 5.41) is 5.85. The Bertz CT molecular complexity index is 678. The van der Waals surface area contributed by atoms with E-state index < -0.39 is 0 Å². The summed E-state index contributed by atoms with van der Waals surface area (Å²) < 4.78 is 5.45. The Kier molecular flexibility index (Phi) is 5.15. The number of aromatic nitrogens is 1. The van der Waals surface area contributed by atoms with Crippen molar-refractivity contribution in [1.82, 2.24) is 10.3 Å². The predicted octanol–water partition coefficient (Wildman–Crippen LogP) is 2.88. The van der Waals surface area contributed by atoms with E-state index in [2.05, 4.69) is 26.6 Å². The van der Waals surface area contributed by atoms with Gasteiger partial charge in [-0.2, -0.15) is 0 Å². The number of hydrogen-bond acceptors (Lipinski definition) is 4. The number of methoxy groups -OCH3 is 1. The molecule has 6 heteroatoms. The standard InChI is InChI=1S/C18H22N4O2/c1-24-17-9-3-2-8-16(17)22-11-5-7-15(13-22)21-18(23)20-14-6-4-10-19-12-14/h2-4,6,8-10,12,15H,5,7,11,13H2,1H3,(H2,20,21,23)/t15-/m0/s1. The number of ether oxygens (including phenoxy) is 1. The normalized spacial score (nSPS) is 17.2. The Hall–Kier alpha value is -2.76. The van der Waals surface area contributed by atoms with Gasteiger partial charge in [0.15, 0.2) is 0 Å². The molecular weight excluding hydrogens is 304 g/mol. The van der Waals surface area contributed by atoms with E-state index in [1.165, 1.54) is 0 Å². The fraction of sp³-hybridized carbons (Fsp3) is 0.333. The summed E-state index contributed by atoms with van der Waals surface area (Å²) in [7, 11) is 1.68. The monoisotopic (exact) mass is 326 g/mol. The number of piperidine rings is 1. The number of nitrogens with zero attached hydrogens (tertiary/aromatic N) is 2. The molecule has 1 aromatic heterocycles. The van der Waals surface area contributed by atoms with Gasteiger partial charge in [-0.25, -0.2) is 4.79 Å². The predicted molar refractivity (Wildman–Crippen MR) is 94.6 cm³/mol. The van der Waals surface area contributed by atoms with Gasteiger partial charge in [-0.05, 0) is 37.1 Å². The van der Waals surface area contributed by atoms with Crippen LogP contribution in [0.3, 0.4) is 0 Å². The quantitative estimate of drug-likeness (QED) is 0.907. The largest absolute Gasteiger partial charge is 0.495 e. The van der Waals surface area contributed by atoms with E-state index in [9.17, 15) is 4.79 Å². The van der Waals surface area contributed by atoms with Crippen LogP contribution in [0, 0.1) is 0 Å². The van der Waals surface area contributed by atoms with Gasteiger partial charge in [0, 0.05) is 25.3 Å². The van der Waals surface area contributed by atoms with E-state index in [0.717, 1.165) is 37.4 Å². The fourth-order valence-electron chi connectivity index (χ4n) is 2.99. The summed E-state index contributed by atoms with van der Waals surface area (Å²) in [5.74, 6) is 0.859. The Morgan fingerprint density at radius 3 is 2.96 bits per heavy atom. The second kappa shape index (κ2) is 7.68. The first-order valence-electron chi connectivity index (χ1n) is 8.12. The van der Waals surface area contributed by atoms with Crippen LogP contribution < -0.4 is 20.3 Å². The van der Waals surface area contributed by atoms with Crippen LogP contribution in [0.2, 0.25) is 0 Å². The van der Waals surface area contributed by atoms with Gasteiger partial charge in [-0.15, -0.1) is 0 Å². The van der Waals surface area contributed by atoms with E-state index in [1.807, 2.05) is 24.3 Å². The first-order valence-corrected chi connectivity index (χ1v) is 8.12. The maximum atomic E-state index is 12.2. The van der Waals surface area contributed by atoms with Crippen LogP contribution in [0.5, 0.6) is 5.75 Å². The molecule has 1 aliphatic heterocycles. The molecule has 1 aromatic carbocycles. The number of carbonyl (C=O) groups excluding carboxylic acids is 1. The lowest BCUT2D eigenvalue weighted by Gasteiger charge is -2.35. The molecular formula is C18H22N4O2. The molecule has 0 spiro atoms. The Balaban J connectivity index is 1.60. The Morgan fingerprint density at radius 2 is 2.17 bits per heavy atom. The van der Waals surface area contributed by atoms with Gasteiger partial charge in [-0.1, -0.05) is 12.1 Å². The zero-order valence-electron chi connectivity index (χ0n) is 13.7. The zero-order valence-corrected chi connectivity index (χ0v) is 13.7. The van der Waals surface area contributed by atoms with Gasteiger partial charge in [-0.3, -0.25) is 4.98 Å². The number of hydrogen-bond donors (Lipinski definition) is 2. The molecule has 3 rings (SSSR count). The van der Waals surface area contributed by atoms with Crippen LogP contribution >= 0.6 is 0 Å². The minimum Gasteiger partial charge on any atom is -0.495 e. The number of rotatable bonds is 4. The highest BCUT2D eigenvalue weighted by atomic mass is 16.5. The number of urea groups is 1. The highest BCUT2D eigenvalue weighted by Gasteiger charge is 2.23. The molecule has 24 heavy (non-hydrogen) atoms. The van der Waals surface area contributed by atoms with Crippen molar-refractivity contribution in [1.29, 1.82) is 0 Å². The number of nitrogens with one attached hydrogen (secondary N) is 2. The van der Waals surface area contributed by atoms with E-state index in [1.54, 1.807) is 25.6 Å². The maximum absolute atomic E-state index is 12.2. The van der Waals surface area contributed by atoms with Gasteiger partial charge in [0.1, 0.15) is 5.75 Å². The lowest BCUT2D eigenvalue weighted by atomic mass is 10.0. The molecule has 0 aliphatic carbocycles. The molecule has 2 heterocycles. The molecule has 2 aromatic rings. The molecule has 0 bridgehead atoms. The van der Waals surface area contributed by atoms with Gasteiger partial charge in [0.25, 0.3) is 0 Å². The Labute approximate surface area is 141 Å². The van der Waals surface area contributed by atoms with E-state index in [4.69, 9.17) is 4.74 Å². The van der Waals surface area contributed by atoms with Crippen molar-refractivity contribution < 1.29 is 9.53 Å². The molecule has 2 N–H and O–H groups in total. The van der Waals surface area contributed by atoms with Crippen LogP contribution in [-0.4, -0.2) is 37.3 Å². The third-order valence-electron chi connectivity index (χ3n) is 4.10. The van der Waals surface area contributed by atoms with E-state index >= 15 is 0 Å². The molecule has 0 radical (unpaired) electrons. The number of amides is 2.